The Labute approximate surface area is 127 Å². The third-order valence-corrected chi connectivity index (χ3v) is 3.51. The Morgan fingerprint density at radius 1 is 0.952 bits per heavy atom. The third-order valence-electron chi connectivity index (χ3n) is 3.51. The van der Waals surface area contributed by atoms with E-state index in [0.717, 1.165) is 16.7 Å². The molecule has 1 aromatic rings. The Balaban J connectivity index is 3.47. The molecular weight excluding hydrogens is 264 g/mol. The quantitative estimate of drug-likeness (QED) is 0.864. The molecule has 0 atom stereocenters. The molecule has 0 aromatic heterocycles. The van der Waals surface area contributed by atoms with E-state index in [2.05, 4.69) is 0 Å². The van der Waals surface area contributed by atoms with E-state index in [1.807, 2.05) is 53.7 Å². The molecule has 2 radical (unpaired) electrons. The molecule has 0 aliphatic heterocycles. The highest BCUT2D eigenvalue weighted by molar-refractivity contribution is 5.78. The van der Waals surface area contributed by atoms with Gasteiger partial charge >= 0.3 is 0 Å². The van der Waals surface area contributed by atoms with Crippen LogP contribution in [0.25, 0.3) is 0 Å². The Morgan fingerprint density at radius 3 is 1.62 bits per heavy atom. The van der Waals surface area contributed by atoms with Crippen LogP contribution >= 0.6 is 0 Å². The monoisotopic (exact) mass is 288 g/mol. The molecule has 0 spiro atoms. The summed E-state index contributed by atoms with van der Waals surface area (Å²) in [5, 5.41) is 10.6. The van der Waals surface area contributed by atoms with Crippen LogP contribution in [0.3, 0.4) is 0 Å². The summed E-state index contributed by atoms with van der Waals surface area (Å²) in [5.41, 5.74) is 2.02. The van der Waals surface area contributed by atoms with Gasteiger partial charge in [0.1, 0.15) is 5.75 Å². The topological polar surface area (TPSA) is 54.4 Å². The molecule has 1 N–H and O–H groups in total. The summed E-state index contributed by atoms with van der Waals surface area (Å²) in [6.07, 6.45) is 3.65. The zero-order valence-corrected chi connectivity index (χ0v) is 13.7. The minimum absolute atomic E-state index is 0.231. The number of carbonyl (C=O) groups excluding carboxylic acids is 2. The van der Waals surface area contributed by atoms with Crippen molar-refractivity contribution in [3.8, 4) is 5.75 Å². The second kappa shape index (κ2) is 6.00. The van der Waals surface area contributed by atoms with Crippen LogP contribution in [0.5, 0.6) is 5.75 Å². The highest BCUT2D eigenvalue weighted by Gasteiger charge is 2.27. The van der Waals surface area contributed by atoms with Gasteiger partial charge in [-0.1, -0.05) is 53.7 Å². The molecule has 0 amide bonds. The van der Waals surface area contributed by atoms with E-state index in [-0.39, 0.29) is 17.3 Å². The summed E-state index contributed by atoms with van der Waals surface area (Å²) in [6, 6.07) is 3.73. The van der Waals surface area contributed by atoms with Gasteiger partial charge in [0.2, 0.25) is 12.6 Å². The maximum Gasteiger partial charge on any atom is 0.210 e. The van der Waals surface area contributed by atoms with Crippen molar-refractivity contribution in [1.29, 1.82) is 0 Å². The maximum absolute atomic E-state index is 10.7. The minimum atomic E-state index is -0.879. The number of phenols is 1. The van der Waals surface area contributed by atoms with E-state index < -0.39 is 5.92 Å². The lowest BCUT2D eigenvalue weighted by atomic mass is 9.77. The van der Waals surface area contributed by atoms with Gasteiger partial charge in [0.05, 0.1) is 5.92 Å². The SMILES string of the molecule is CC(C)(C)c1cc(CC([C]=O)[C]=O)cc(C(C)(C)C)c1O. The largest absolute Gasteiger partial charge is 0.507 e. The van der Waals surface area contributed by atoms with Gasteiger partial charge in [0.25, 0.3) is 0 Å². The van der Waals surface area contributed by atoms with E-state index in [0.29, 0.717) is 5.75 Å². The Bertz CT molecular complexity index is 487. The molecule has 0 saturated heterocycles. The molecular formula is C18H24O3. The number of rotatable bonds is 4. The van der Waals surface area contributed by atoms with Crippen LogP contribution in [0.4, 0.5) is 0 Å². The molecule has 0 bridgehead atoms. The van der Waals surface area contributed by atoms with E-state index in [4.69, 9.17) is 0 Å². The average molecular weight is 288 g/mol. The van der Waals surface area contributed by atoms with Crippen LogP contribution in [-0.4, -0.2) is 17.7 Å². The fourth-order valence-corrected chi connectivity index (χ4v) is 2.30. The lowest BCUT2D eigenvalue weighted by Gasteiger charge is -2.28. The highest BCUT2D eigenvalue weighted by atomic mass is 16.3. The van der Waals surface area contributed by atoms with Crippen molar-refractivity contribution in [3.63, 3.8) is 0 Å². The first-order chi connectivity index (χ1) is 9.50. The van der Waals surface area contributed by atoms with Crippen LogP contribution < -0.4 is 0 Å². The summed E-state index contributed by atoms with van der Waals surface area (Å²) in [5.74, 6) is -0.587. The molecule has 0 saturated carbocycles. The first-order valence-corrected chi connectivity index (χ1v) is 7.13. The smallest absolute Gasteiger partial charge is 0.210 e. The molecule has 0 aliphatic carbocycles. The Kier molecular flexibility index (Phi) is 4.98. The van der Waals surface area contributed by atoms with Crippen molar-refractivity contribution in [2.45, 2.75) is 58.8 Å². The number of hydrogen-bond donors (Lipinski definition) is 1. The standard InChI is InChI=1S/C18H24O3/c1-17(2,3)14-8-12(7-13(10-19)11-20)9-15(16(14)21)18(4,5)6/h8-9,13,21H,7H2,1-6H3. The normalized spacial score (nSPS) is 12.5. The fourth-order valence-electron chi connectivity index (χ4n) is 2.30. The molecule has 1 rings (SSSR count). The van der Waals surface area contributed by atoms with Gasteiger partial charge in [-0.25, -0.2) is 0 Å². The Morgan fingerprint density at radius 2 is 1.33 bits per heavy atom. The number of aromatic hydroxyl groups is 1. The summed E-state index contributed by atoms with van der Waals surface area (Å²) < 4.78 is 0. The van der Waals surface area contributed by atoms with Gasteiger partial charge < -0.3 is 5.11 Å². The van der Waals surface area contributed by atoms with Crippen molar-refractivity contribution >= 4 is 12.6 Å². The van der Waals surface area contributed by atoms with Gasteiger partial charge in [-0.2, -0.15) is 0 Å². The van der Waals surface area contributed by atoms with Crippen LogP contribution in [0.15, 0.2) is 12.1 Å². The highest BCUT2D eigenvalue weighted by Crippen LogP contribution is 2.40. The predicted molar refractivity (Wildman–Crippen MR) is 84.1 cm³/mol. The van der Waals surface area contributed by atoms with Crippen molar-refractivity contribution in [2.75, 3.05) is 0 Å². The molecule has 3 nitrogen and oxygen atoms in total. The summed E-state index contributed by atoms with van der Waals surface area (Å²) in [4.78, 5) is 21.5. The zero-order chi connectivity index (χ0) is 16.4. The first kappa shape index (κ1) is 17.4. The van der Waals surface area contributed by atoms with Gasteiger partial charge in [0, 0.05) is 0 Å². The number of hydrogen-bond acceptors (Lipinski definition) is 3. The minimum Gasteiger partial charge on any atom is -0.507 e. The molecule has 0 unspecified atom stereocenters. The average Bonchev–Trinajstić information content (AvgIpc) is 2.34. The Hall–Kier alpha value is -1.64. The van der Waals surface area contributed by atoms with Crippen LogP contribution in [0.2, 0.25) is 0 Å². The zero-order valence-electron chi connectivity index (χ0n) is 13.7. The van der Waals surface area contributed by atoms with E-state index in [9.17, 15) is 14.7 Å². The van der Waals surface area contributed by atoms with Crippen LogP contribution in [0, 0.1) is 5.92 Å². The second-order valence-corrected chi connectivity index (χ2v) is 7.53. The number of phenolic OH excluding ortho intramolecular Hbond substituents is 1. The van der Waals surface area contributed by atoms with E-state index >= 15 is 0 Å². The van der Waals surface area contributed by atoms with Gasteiger partial charge in [-0.15, -0.1) is 0 Å². The van der Waals surface area contributed by atoms with Crippen molar-refractivity contribution in [1.82, 2.24) is 0 Å². The first-order valence-electron chi connectivity index (χ1n) is 7.13. The van der Waals surface area contributed by atoms with Gasteiger partial charge in [-0.05, 0) is 33.9 Å². The molecule has 114 valence electrons. The molecule has 1 aromatic carbocycles. The lowest BCUT2D eigenvalue weighted by molar-refractivity contribution is 0.422. The summed E-state index contributed by atoms with van der Waals surface area (Å²) >= 11 is 0. The maximum atomic E-state index is 10.7. The molecule has 3 heteroatoms. The van der Waals surface area contributed by atoms with Crippen LogP contribution in [0.1, 0.15) is 58.2 Å². The second-order valence-electron chi connectivity index (χ2n) is 7.53. The van der Waals surface area contributed by atoms with E-state index in [1.165, 1.54) is 0 Å². The molecule has 0 aliphatic rings. The fraction of sp³-hybridized carbons (Fsp3) is 0.556. The van der Waals surface area contributed by atoms with Crippen LogP contribution in [-0.2, 0) is 26.8 Å². The molecule has 0 heterocycles. The third kappa shape index (κ3) is 4.16. The predicted octanol–water partition coefficient (Wildman–Crippen LogP) is 3.37. The van der Waals surface area contributed by atoms with Crippen molar-refractivity contribution in [2.24, 2.45) is 5.92 Å². The lowest BCUT2D eigenvalue weighted by Crippen LogP contribution is -2.19. The van der Waals surface area contributed by atoms with Crippen molar-refractivity contribution < 1.29 is 14.7 Å². The number of benzene rings is 1. The summed E-state index contributed by atoms with van der Waals surface area (Å²) in [6.45, 7) is 12.1. The molecule has 0 fully saturated rings. The van der Waals surface area contributed by atoms with Gasteiger partial charge in [-0.3, -0.25) is 9.59 Å². The van der Waals surface area contributed by atoms with Gasteiger partial charge in [0.15, 0.2) is 0 Å². The summed E-state index contributed by atoms with van der Waals surface area (Å²) in [7, 11) is 0. The van der Waals surface area contributed by atoms with E-state index in [1.54, 1.807) is 12.6 Å². The molecule has 21 heavy (non-hydrogen) atoms. The van der Waals surface area contributed by atoms with Crippen molar-refractivity contribution in [3.05, 3.63) is 28.8 Å².